The van der Waals surface area contributed by atoms with Crippen molar-refractivity contribution >= 4 is 35.0 Å². The van der Waals surface area contributed by atoms with Crippen LogP contribution in [-0.4, -0.2) is 89.8 Å². The number of nitrogens with zero attached hydrogens (tertiary/aromatic N) is 3. The second kappa shape index (κ2) is 10.3. The highest BCUT2D eigenvalue weighted by Gasteiger charge is 2.44. The average molecular weight is 540 g/mol. The van der Waals surface area contributed by atoms with Crippen molar-refractivity contribution in [2.75, 3.05) is 44.6 Å². The Labute approximate surface area is 226 Å². The molecule has 4 heterocycles. The van der Waals surface area contributed by atoms with Crippen LogP contribution in [0.5, 0.6) is 0 Å². The molecule has 2 atom stereocenters. The predicted molar refractivity (Wildman–Crippen MR) is 142 cm³/mol. The molecule has 4 aliphatic rings. The van der Waals surface area contributed by atoms with Crippen LogP contribution in [0.3, 0.4) is 0 Å². The molecule has 10 heteroatoms. The minimum atomic E-state index is -0.781. The number of carbonyl (C=O) groups excluding carboxylic acids is 3. The average Bonchev–Trinajstić information content (AvgIpc) is 3.39. The number of piperidine rings is 1. The first-order valence-electron chi connectivity index (χ1n) is 13.4. The van der Waals surface area contributed by atoms with E-state index in [0.717, 1.165) is 45.3 Å². The zero-order valence-electron chi connectivity index (χ0n) is 21.1. The zero-order chi connectivity index (χ0) is 26.4. The quantitative estimate of drug-likeness (QED) is 0.626. The van der Waals surface area contributed by atoms with Gasteiger partial charge in [0.05, 0.1) is 23.8 Å². The molecule has 0 radical (unpaired) electrons. The summed E-state index contributed by atoms with van der Waals surface area (Å²) in [5, 5.41) is 6.55. The Kier molecular flexibility index (Phi) is 6.84. The van der Waals surface area contributed by atoms with Crippen LogP contribution in [-0.2, 0) is 9.59 Å². The van der Waals surface area contributed by atoms with Crippen molar-refractivity contribution in [1.29, 1.82) is 0 Å². The molecule has 38 heavy (non-hydrogen) atoms. The van der Waals surface area contributed by atoms with Crippen LogP contribution in [0.1, 0.15) is 36.0 Å². The highest BCUT2D eigenvalue weighted by Crippen LogP contribution is 2.33. The first kappa shape index (κ1) is 25.3. The molecule has 1 unspecified atom stereocenters. The van der Waals surface area contributed by atoms with Crippen LogP contribution in [0.4, 0.5) is 10.1 Å². The van der Waals surface area contributed by atoms with Crippen molar-refractivity contribution in [3.05, 3.63) is 52.8 Å². The number of anilines is 1. The number of halogens is 2. The van der Waals surface area contributed by atoms with Gasteiger partial charge in [0.2, 0.25) is 11.8 Å². The van der Waals surface area contributed by atoms with E-state index in [2.05, 4.69) is 15.5 Å². The minimum Gasteiger partial charge on any atom is -0.337 e. The number of fused-ring (bicyclic) bond motifs is 2. The van der Waals surface area contributed by atoms with Gasteiger partial charge in [-0.15, -0.1) is 0 Å². The standard InChI is InChI=1S/C28H31ClFN5O3/c29-18-4-5-20(22(30)15-18)17-3-6-23-21(14-17)27(37)35-13-12-33(16-25(35)26(36)32-23)28(38)24-2-1-11-34(24)19-7-9-31-10-8-19/h3-6,14-15,19,24-25,31H,1-2,7-13,16H2,(H,32,36)/t24-,25?/m1/s1. The largest absolute Gasteiger partial charge is 0.337 e. The number of piperazine rings is 1. The summed E-state index contributed by atoms with van der Waals surface area (Å²) in [5.41, 5.74) is 1.54. The summed E-state index contributed by atoms with van der Waals surface area (Å²) in [5.74, 6) is -1.05. The highest BCUT2D eigenvalue weighted by atomic mass is 35.5. The van der Waals surface area contributed by atoms with Gasteiger partial charge in [-0.3, -0.25) is 19.3 Å². The molecule has 4 aliphatic heterocycles. The monoisotopic (exact) mass is 539 g/mol. The number of likely N-dealkylation sites (tertiary alicyclic amines) is 1. The maximum absolute atomic E-state index is 14.6. The number of rotatable bonds is 3. The lowest BCUT2D eigenvalue weighted by Gasteiger charge is -2.42. The van der Waals surface area contributed by atoms with Crippen molar-refractivity contribution in [3.8, 4) is 11.1 Å². The Balaban J connectivity index is 1.21. The Morgan fingerprint density at radius 1 is 0.974 bits per heavy atom. The molecule has 2 aromatic rings. The van der Waals surface area contributed by atoms with Crippen molar-refractivity contribution in [2.24, 2.45) is 0 Å². The van der Waals surface area contributed by atoms with Crippen LogP contribution in [0.2, 0.25) is 5.02 Å². The molecule has 0 spiro atoms. The molecule has 0 bridgehead atoms. The maximum atomic E-state index is 14.6. The molecule has 3 saturated heterocycles. The summed E-state index contributed by atoms with van der Waals surface area (Å²) in [6, 6.07) is 8.78. The molecule has 0 saturated carbocycles. The van der Waals surface area contributed by atoms with Gasteiger partial charge in [0, 0.05) is 29.7 Å². The third-order valence-corrected chi connectivity index (χ3v) is 8.60. The van der Waals surface area contributed by atoms with Crippen LogP contribution in [0.15, 0.2) is 36.4 Å². The number of amides is 3. The second-order valence-corrected chi connectivity index (χ2v) is 11.0. The Hall–Kier alpha value is -3.01. The summed E-state index contributed by atoms with van der Waals surface area (Å²) >= 11 is 5.90. The van der Waals surface area contributed by atoms with E-state index in [9.17, 15) is 18.8 Å². The van der Waals surface area contributed by atoms with E-state index < -0.39 is 11.9 Å². The van der Waals surface area contributed by atoms with Crippen molar-refractivity contribution in [1.82, 2.24) is 20.0 Å². The van der Waals surface area contributed by atoms with E-state index in [-0.39, 0.29) is 41.9 Å². The van der Waals surface area contributed by atoms with Crippen LogP contribution >= 0.6 is 11.6 Å². The van der Waals surface area contributed by atoms with Gasteiger partial charge < -0.3 is 20.4 Å². The molecule has 2 aromatic carbocycles. The smallest absolute Gasteiger partial charge is 0.256 e. The Morgan fingerprint density at radius 2 is 1.79 bits per heavy atom. The van der Waals surface area contributed by atoms with E-state index in [1.165, 1.54) is 6.07 Å². The first-order chi connectivity index (χ1) is 18.4. The number of benzene rings is 2. The third-order valence-electron chi connectivity index (χ3n) is 8.36. The maximum Gasteiger partial charge on any atom is 0.256 e. The normalized spacial score (nSPS) is 24.6. The SMILES string of the molecule is O=C1Nc2ccc(-c3ccc(Cl)cc3F)cc2C(=O)N2CCN(C(=O)[C@H]3CCCN3C3CCNCC3)CC12. The number of hydrogen-bond acceptors (Lipinski definition) is 5. The molecule has 6 rings (SSSR count). The molecule has 8 nitrogen and oxygen atoms in total. The molecule has 200 valence electrons. The third kappa shape index (κ3) is 4.57. The van der Waals surface area contributed by atoms with Gasteiger partial charge in [-0.1, -0.05) is 17.7 Å². The summed E-state index contributed by atoms with van der Waals surface area (Å²) < 4.78 is 14.6. The van der Waals surface area contributed by atoms with Crippen LogP contribution in [0, 0.1) is 5.82 Å². The van der Waals surface area contributed by atoms with Gasteiger partial charge in [-0.2, -0.15) is 0 Å². The molecular weight excluding hydrogens is 509 g/mol. The minimum absolute atomic E-state index is 0.0585. The topological polar surface area (TPSA) is 85.0 Å². The lowest BCUT2D eigenvalue weighted by molar-refractivity contribution is -0.140. The molecular formula is C28H31ClFN5O3. The van der Waals surface area contributed by atoms with Gasteiger partial charge in [-0.05, 0) is 81.2 Å². The van der Waals surface area contributed by atoms with Crippen molar-refractivity contribution in [2.45, 2.75) is 43.8 Å². The molecule has 3 fully saturated rings. The highest BCUT2D eigenvalue weighted by molar-refractivity contribution is 6.30. The summed E-state index contributed by atoms with van der Waals surface area (Å²) in [6.45, 7) is 3.68. The molecule has 0 aliphatic carbocycles. The van der Waals surface area contributed by atoms with E-state index >= 15 is 0 Å². The predicted octanol–water partition coefficient (Wildman–Crippen LogP) is 2.97. The molecule has 0 aromatic heterocycles. The fraction of sp³-hybridized carbons (Fsp3) is 0.464. The fourth-order valence-electron chi connectivity index (χ4n) is 6.38. The lowest BCUT2D eigenvalue weighted by atomic mass is 10.0. The number of nitrogens with one attached hydrogen (secondary N) is 2. The summed E-state index contributed by atoms with van der Waals surface area (Å²) in [4.78, 5) is 46.2. The summed E-state index contributed by atoms with van der Waals surface area (Å²) in [6.07, 6.45) is 3.90. The van der Waals surface area contributed by atoms with Gasteiger partial charge in [0.15, 0.2) is 0 Å². The number of carbonyl (C=O) groups is 3. The summed E-state index contributed by atoms with van der Waals surface area (Å²) in [7, 11) is 0. The van der Waals surface area contributed by atoms with Crippen molar-refractivity contribution in [3.63, 3.8) is 0 Å². The van der Waals surface area contributed by atoms with E-state index in [1.807, 2.05) is 0 Å². The second-order valence-electron chi connectivity index (χ2n) is 10.5. The van der Waals surface area contributed by atoms with E-state index in [0.29, 0.717) is 35.0 Å². The van der Waals surface area contributed by atoms with Gasteiger partial charge in [-0.25, -0.2) is 4.39 Å². The Morgan fingerprint density at radius 3 is 2.58 bits per heavy atom. The first-order valence-corrected chi connectivity index (χ1v) is 13.7. The fourth-order valence-corrected chi connectivity index (χ4v) is 6.54. The van der Waals surface area contributed by atoms with E-state index in [1.54, 1.807) is 40.1 Å². The van der Waals surface area contributed by atoms with Gasteiger partial charge in [0.1, 0.15) is 11.9 Å². The lowest BCUT2D eigenvalue weighted by Crippen LogP contribution is -2.62. The molecule has 3 amide bonds. The Bertz CT molecular complexity index is 1280. The van der Waals surface area contributed by atoms with Crippen LogP contribution in [0.25, 0.3) is 11.1 Å². The van der Waals surface area contributed by atoms with Gasteiger partial charge >= 0.3 is 0 Å². The van der Waals surface area contributed by atoms with Crippen LogP contribution < -0.4 is 10.6 Å². The van der Waals surface area contributed by atoms with E-state index in [4.69, 9.17) is 11.6 Å². The van der Waals surface area contributed by atoms with Gasteiger partial charge in [0.25, 0.3) is 5.91 Å². The number of hydrogen-bond donors (Lipinski definition) is 2. The molecule has 2 N–H and O–H groups in total. The zero-order valence-corrected chi connectivity index (χ0v) is 21.8. The van der Waals surface area contributed by atoms with Crippen molar-refractivity contribution < 1.29 is 18.8 Å².